The first-order valence-electron chi connectivity index (χ1n) is 11.2. The highest BCUT2D eigenvalue weighted by atomic mass is 16.5. The number of aromatic nitrogens is 5. The zero-order valence-corrected chi connectivity index (χ0v) is 16.6. The van der Waals surface area contributed by atoms with Crippen LogP contribution in [-0.4, -0.2) is 45.0 Å². The molecule has 3 aliphatic rings. The number of nitrogens with zero attached hydrogens (tertiary/aromatic N) is 5. The van der Waals surface area contributed by atoms with Crippen molar-refractivity contribution in [1.29, 1.82) is 0 Å². The van der Waals surface area contributed by atoms with Gasteiger partial charge < -0.3 is 15.4 Å². The van der Waals surface area contributed by atoms with Crippen LogP contribution in [0.2, 0.25) is 0 Å². The van der Waals surface area contributed by atoms with Gasteiger partial charge in [0.15, 0.2) is 17.3 Å². The minimum atomic E-state index is -2.65. The Hall–Kier alpha value is -3.49. The van der Waals surface area contributed by atoms with Gasteiger partial charge in [-0.2, -0.15) is 10.2 Å². The molecule has 2 N–H and O–H groups in total. The van der Waals surface area contributed by atoms with Crippen LogP contribution in [0.25, 0.3) is 11.4 Å². The molecule has 3 fully saturated rings. The van der Waals surface area contributed by atoms with E-state index in [9.17, 15) is 4.79 Å². The molecule has 154 valence electrons. The number of benzene rings is 1. The molecule has 1 amide bonds. The largest absolute Gasteiger partial charge is 0.494 e. The second-order valence-corrected chi connectivity index (χ2v) is 7.96. The minimum Gasteiger partial charge on any atom is -0.494 e. The monoisotopic (exact) mass is 408 g/mol. The van der Waals surface area contributed by atoms with Crippen molar-refractivity contribution in [1.82, 2.24) is 30.3 Å². The highest BCUT2D eigenvalue weighted by Crippen LogP contribution is 2.64. The first-order valence-corrected chi connectivity index (χ1v) is 9.68. The number of aryl methyl sites for hydroxylation is 1. The summed E-state index contributed by atoms with van der Waals surface area (Å²) in [4.78, 5) is 17.0. The van der Waals surface area contributed by atoms with Gasteiger partial charge >= 0.3 is 0 Å². The first-order chi connectivity index (χ1) is 15.7. The molecule has 2 bridgehead atoms. The summed E-state index contributed by atoms with van der Waals surface area (Å²) in [5, 5.41) is 18.0. The Bertz CT molecular complexity index is 1220. The molecule has 2 aromatic heterocycles. The smallest absolute Gasteiger partial charge is 0.273 e. The lowest BCUT2D eigenvalue weighted by atomic mass is 9.43. The van der Waals surface area contributed by atoms with E-state index >= 15 is 0 Å². The molecular formula is C21H23N7O2. The Morgan fingerprint density at radius 2 is 2.13 bits per heavy atom. The van der Waals surface area contributed by atoms with E-state index in [0.29, 0.717) is 28.5 Å². The summed E-state index contributed by atoms with van der Waals surface area (Å²) in [6, 6.07) is 7.23. The van der Waals surface area contributed by atoms with Crippen molar-refractivity contribution in [2.75, 3.05) is 19.4 Å². The SMILES string of the molecule is [2H]C([2H])([2H])NC(=O)c1nnc(C23CC(C2)C3)cc1Nc1cccc(-c2ncn(C)n2)c1OC. The Morgan fingerprint density at radius 3 is 2.77 bits per heavy atom. The Balaban J connectivity index is 1.55. The summed E-state index contributed by atoms with van der Waals surface area (Å²) in [5.41, 5.74) is 2.29. The maximum Gasteiger partial charge on any atom is 0.273 e. The molecule has 3 aromatic rings. The van der Waals surface area contributed by atoms with Crippen LogP contribution in [0.4, 0.5) is 11.4 Å². The summed E-state index contributed by atoms with van der Waals surface area (Å²) in [5.74, 6) is 0.871. The third kappa shape index (κ3) is 2.80. The quantitative estimate of drug-likeness (QED) is 0.645. The summed E-state index contributed by atoms with van der Waals surface area (Å²) in [6.07, 6.45) is 4.78. The number of carbonyl (C=O) groups excluding carboxylic acids is 1. The van der Waals surface area contributed by atoms with E-state index < -0.39 is 12.9 Å². The number of hydrogen-bond donors (Lipinski definition) is 2. The van der Waals surface area contributed by atoms with Crippen LogP contribution in [-0.2, 0) is 12.5 Å². The van der Waals surface area contributed by atoms with E-state index in [1.54, 1.807) is 30.2 Å². The van der Waals surface area contributed by atoms with Gasteiger partial charge in [-0.05, 0) is 43.4 Å². The van der Waals surface area contributed by atoms with E-state index in [0.717, 1.165) is 30.9 Å². The van der Waals surface area contributed by atoms with Crippen molar-refractivity contribution >= 4 is 17.3 Å². The second-order valence-electron chi connectivity index (χ2n) is 7.96. The van der Waals surface area contributed by atoms with Crippen molar-refractivity contribution in [2.24, 2.45) is 13.0 Å². The Kier molecular flexibility index (Phi) is 3.48. The van der Waals surface area contributed by atoms with E-state index in [4.69, 9.17) is 8.85 Å². The van der Waals surface area contributed by atoms with Gasteiger partial charge in [-0.15, -0.1) is 5.10 Å². The number of amides is 1. The van der Waals surface area contributed by atoms with Gasteiger partial charge in [-0.1, -0.05) is 6.07 Å². The summed E-state index contributed by atoms with van der Waals surface area (Å²) in [6.45, 7) is -2.65. The lowest BCUT2D eigenvalue weighted by Gasteiger charge is -2.61. The average molecular weight is 408 g/mol. The predicted molar refractivity (Wildman–Crippen MR) is 111 cm³/mol. The van der Waals surface area contributed by atoms with E-state index in [1.165, 1.54) is 7.11 Å². The first kappa shape index (κ1) is 15.4. The van der Waals surface area contributed by atoms with Crippen molar-refractivity contribution < 1.29 is 13.6 Å². The van der Waals surface area contributed by atoms with E-state index in [2.05, 4.69) is 25.6 Å². The molecule has 0 saturated heterocycles. The fourth-order valence-electron chi connectivity index (χ4n) is 4.40. The van der Waals surface area contributed by atoms with E-state index in [1.807, 2.05) is 17.4 Å². The van der Waals surface area contributed by atoms with Crippen molar-refractivity contribution in [3.05, 3.63) is 42.0 Å². The molecule has 30 heavy (non-hydrogen) atoms. The molecule has 0 atom stereocenters. The van der Waals surface area contributed by atoms with Crippen LogP contribution < -0.4 is 15.4 Å². The predicted octanol–water partition coefficient (Wildman–Crippen LogP) is 2.44. The van der Waals surface area contributed by atoms with E-state index in [-0.39, 0.29) is 11.1 Å². The molecule has 3 aliphatic carbocycles. The summed E-state index contributed by atoms with van der Waals surface area (Å²) >= 11 is 0. The van der Waals surface area contributed by atoms with Crippen LogP contribution >= 0.6 is 0 Å². The van der Waals surface area contributed by atoms with Crippen LogP contribution in [0.15, 0.2) is 30.6 Å². The molecule has 3 saturated carbocycles. The van der Waals surface area contributed by atoms with Crippen LogP contribution in [0.3, 0.4) is 0 Å². The standard InChI is InChI=1S/C21H23N7O2/c1-22-20(29)17-15(7-16(25-26-17)21-8-12(9-21)10-21)24-14-6-4-5-13(18(14)30-3)19-23-11-28(2)27-19/h4-7,11-12H,8-10H2,1-3H3,(H,22,29)(H,24,25)/i1D3. The van der Waals surface area contributed by atoms with Gasteiger partial charge in [-0.3, -0.25) is 9.48 Å². The van der Waals surface area contributed by atoms with Crippen LogP contribution in [0, 0.1) is 5.92 Å². The molecule has 2 heterocycles. The van der Waals surface area contributed by atoms with Crippen molar-refractivity contribution in [2.45, 2.75) is 24.7 Å². The molecule has 0 spiro atoms. The van der Waals surface area contributed by atoms with Gasteiger partial charge in [0, 0.05) is 23.6 Å². The number of rotatable bonds is 6. The van der Waals surface area contributed by atoms with Gasteiger partial charge in [0.2, 0.25) is 0 Å². The lowest BCUT2D eigenvalue weighted by Crippen LogP contribution is -2.55. The molecule has 0 unspecified atom stereocenters. The van der Waals surface area contributed by atoms with Crippen LogP contribution in [0.1, 0.15) is 39.6 Å². The maximum atomic E-state index is 12.7. The number of hydrogen-bond acceptors (Lipinski definition) is 7. The highest BCUT2D eigenvalue weighted by molar-refractivity contribution is 5.98. The normalized spacial score (nSPS) is 23.3. The zero-order chi connectivity index (χ0) is 23.4. The van der Waals surface area contributed by atoms with Crippen molar-refractivity contribution in [3.8, 4) is 17.1 Å². The van der Waals surface area contributed by atoms with Gasteiger partial charge in [-0.25, -0.2) is 4.98 Å². The number of para-hydroxylation sites is 1. The topological polar surface area (TPSA) is 107 Å². The van der Waals surface area contributed by atoms with Crippen LogP contribution in [0.5, 0.6) is 5.75 Å². The summed E-state index contributed by atoms with van der Waals surface area (Å²) in [7, 11) is 3.31. The fourth-order valence-corrected chi connectivity index (χ4v) is 4.40. The van der Waals surface area contributed by atoms with Gasteiger partial charge in [0.1, 0.15) is 6.33 Å². The fraction of sp³-hybridized carbons (Fsp3) is 0.381. The molecule has 0 radical (unpaired) electrons. The molecular weight excluding hydrogens is 382 g/mol. The van der Waals surface area contributed by atoms with Gasteiger partial charge in [0.05, 0.1) is 29.7 Å². The number of ether oxygens (including phenoxy) is 1. The Morgan fingerprint density at radius 1 is 1.30 bits per heavy atom. The number of nitrogens with one attached hydrogen (secondary N) is 2. The van der Waals surface area contributed by atoms with Gasteiger partial charge in [0.25, 0.3) is 5.91 Å². The molecule has 0 aliphatic heterocycles. The number of anilines is 2. The lowest BCUT2D eigenvalue weighted by molar-refractivity contribution is -0.0315. The number of carbonyl (C=O) groups is 1. The third-order valence-electron chi connectivity index (χ3n) is 6.03. The minimum absolute atomic E-state index is 0.0109. The number of methoxy groups -OCH3 is 1. The molecule has 9 heteroatoms. The van der Waals surface area contributed by atoms with Crippen molar-refractivity contribution in [3.63, 3.8) is 0 Å². The third-order valence-corrected chi connectivity index (χ3v) is 6.03. The molecule has 1 aromatic carbocycles. The zero-order valence-electron chi connectivity index (χ0n) is 19.6. The summed E-state index contributed by atoms with van der Waals surface area (Å²) < 4.78 is 29.4. The average Bonchev–Trinajstić information content (AvgIpc) is 3.10. The highest BCUT2D eigenvalue weighted by Gasteiger charge is 2.58. The molecule has 6 rings (SSSR count). The second kappa shape index (κ2) is 6.79. The maximum absolute atomic E-state index is 12.7. The Labute approximate surface area is 178 Å². The molecule has 9 nitrogen and oxygen atoms in total.